The maximum atomic E-state index is 5.73. The fraction of sp³-hybridized carbons (Fsp3) is 0.538. The third kappa shape index (κ3) is 3.93. The number of benzene rings is 1. The van der Waals surface area contributed by atoms with Gasteiger partial charge < -0.3 is 15.2 Å². The van der Waals surface area contributed by atoms with Crippen LogP contribution in [0.15, 0.2) is 24.3 Å². The predicted molar refractivity (Wildman–Crippen MR) is 65.2 cm³/mol. The van der Waals surface area contributed by atoms with Gasteiger partial charge in [0.15, 0.2) is 0 Å². The van der Waals surface area contributed by atoms with Gasteiger partial charge in [0.25, 0.3) is 0 Å². The summed E-state index contributed by atoms with van der Waals surface area (Å²) in [6.07, 6.45) is 0.170. The van der Waals surface area contributed by atoms with Crippen LogP contribution in [0.3, 0.4) is 0 Å². The Morgan fingerprint density at radius 1 is 1.19 bits per heavy atom. The van der Waals surface area contributed by atoms with Gasteiger partial charge in [-0.15, -0.1) is 0 Å². The smallest absolute Gasteiger partial charge is 0.0950 e. The number of hydrogen-bond donors (Lipinski definition) is 1. The van der Waals surface area contributed by atoms with Gasteiger partial charge in [-0.25, -0.2) is 0 Å². The fourth-order valence-corrected chi connectivity index (χ4v) is 1.59. The molecular weight excluding hydrogens is 202 g/mol. The normalized spacial score (nSPS) is 13.1. The second-order valence-corrected chi connectivity index (χ2v) is 4.08. The lowest BCUT2D eigenvalue weighted by atomic mass is 10.1. The zero-order valence-corrected chi connectivity index (χ0v) is 10.3. The van der Waals surface area contributed by atoms with E-state index < -0.39 is 0 Å². The van der Waals surface area contributed by atoms with Crippen LogP contribution >= 0.6 is 0 Å². The van der Waals surface area contributed by atoms with E-state index in [1.165, 1.54) is 0 Å². The van der Waals surface area contributed by atoms with Gasteiger partial charge in [-0.3, -0.25) is 0 Å². The molecule has 2 N–H and O–H groups in total. The van der Waals surface area contributed by atoms with Crippen LogP contribution < -0.4 is 5.73 Å². The molecule has 1 atom stereocenters. The van der Waals surface area contributed by atoms with Crippen molar-refractivity contribution in [1.82, 2.24) is 0 Å². The maximum Gasteiger partial charge on any atom is 0.0950 e. The Morgan fingerprint density at radius 2 is 1.81 bits per heavy atom. The average Bonchev–Trinajstić information content (AvgIpc) is 2.27. The van der Waals surface area contributed by atoms with Crippen LogP contribution in [0.5, 0.6) is 0 Å². The van der Waals surface area contributed by atoms with Gasteiger partial charge >= 0.3 is 0 Å². The molecule has 1 unspecified atom stereocenters. The molecule has 1 aromatic carbocycles. The van der Waals surface area contributed by atoms with Crippen molar-refractivity contribution in [2.75, 3.05) is 13.7 Å². The van der Waals surface area contributed by atoms with Gasteiger partial charge in [0.05, 0.1) is 18.8 Å². The van der Waals surface area contributed by atoms with Crippen LogP contribution in [0.1, 0.15) is 31.1 Å². The number of hydrogen-bond acceptors (Lipinski definition) is 3. The van der Waals surface area contributed by atoms with Gasteiger partial charge in [-0.05, 0) is 25.0 Å². The van der Waals surface area contributed by atoms with Crippen molar-refractivity contribution >= 4 is 0 Å². The number of nitrogens with two attached hydrogens (primary N) is 1. The first kappa shape index (κ1) is 13.2. The Balaban J connectivity index is 2.70. The van der Waals surface area contributed by atoms with Crippen LogP contribution in [0, 0.1) is 0 Å². The van der Waals surface area contributed by atoms with Crippen LogP contribution in [0.4, 0.5) is 0 Å². The standard InChI is InChI=1S/C13H21NO2/c1-10(2)16-13(8-14)12-6-4-11(5-7-12)9-15-3/h4-7,10,13H,8-9,14H2,1-3H3. The molecule has 0 aromatic heterocycles. The molecule has 0 radical (unpaired) electrons. The maximum absolute atomic E-state index is 5.73. The number of ether oxygens (including phenoxy) is 2. The first-order chi connectivity index (χ1) is 7.67. The van der Waals surface area contributed by atoms with E-state index in [0.29, 0.717) is 13.2 Å². The highest BCUT2D eigenvalue weighted by Gasteiger charge is 2.11. The van der Waals surface area contributed by atoms with E-state index in [9.17, 15) is 0 Å². The molecule has 3 heteroatoms. The monoisotopic (exact) mass is 223 g/mol. The fourth-order valence-electron chi connectivity index (χ4n) is 1.59. The third-order valence-electron chi connectivity index (χ3n) is 2.31. The third-order valence-corrected chi connectivity index (χ3v) is 2.31. The summed E-state index contributed by atoms with van der Waals surface area (Å²) < 4.78 is 10.8. The summed E-state index contributed by atoms with van der Waals surface area (Å²) in [7, 11) is 1.69. The van der Waals surface area contributed by atoms with Crippen molar-refractivity contribution in [3.05, 3.63) is 35.4 Å². The summed E-state index contributed by atoms with van der Waals surface area (Å²) >= 11 is 0. The molecule has 1 aromatic rings. The highest BCUT2D eigenvalue weighted by molar-refractivity contribution is 5.24. The van der Waals surface area contributed by atoms with E-state index in [1.54, 1.807) is 7.11 Å². The van der Waals surface area contributed by atoms with Crippen LogP contribution in [-0.2, 0) is 16.1 Å². The summed E-state index contributed by atoms with van der Waals surface area (Å²) in [5, 5.41) is 0. The molecular formula is C13H21NO2. The van der Waals surface area contributed by atoms with E-state index in [4.69, 9.17) is 15.2 Å². The van der Waals surface area contributed by atoms with Crippen LogP contribution in [-0.4, -0.2) is 19.8 Å². The summed E-state index contributed by atoms with van der Waals surface area (Å²) in [6, 6.07) is 8.19. The molecule has 0 aliphatic heterocycles. The molecule has 0 fully saturated rings. The topological polar surface area (TPSA) is 44.5 Å². The number of methoxy groups -OCH3 is 1. The van der Waals surface area contributed by atoms with Crippen molar-refractivity contribution in [2.24, 2.45) is 5.73 Å². The molecule has 0 saturated carbocycles. The van der Waals surface area contributed by atoms with Crippen LogP contribution in [0.25, 0.3) is 0 Å². The summed E-state index contributed by atoms with van der Waals surface area (Å²) in [5.41, 5.74) is 7.98. The zero-order valence-electron chi connectivity index (χ0n) is 10.3. The summed E-state index contributed by atoms with van der Waals surface area (Å²) in [5.74, 6) is 0. The van der Waals surface area contributed by atoms with E-state index >= 15 is 0 Å². The van der Waals surface area contributed by atoms with E-state index in [2.05, 4.69) is 0 Å². The van der Waals surface area contributed by atoms with Crippen molar-refractivity contribution in [2.45, 2.75) is 32.7 Å². The molecule has 0 bridgehead atoms. The molecule has 0 aliphatic rings. The van der Waals surface area contributed by atoms with Crippen molar-refractivity contribution in [3.8, 4) is 0 Å². The van der Waals surface area contributed by atoms with Gasteiger partial charge in [-0.1, -0.05) is 24.3 Å². The Hall–Kier alpha value is -0.900. The highest BCUT2D eigenvalue weighted by atomic mass is 16.5. The second-order valence-electron chi connectivity index (χ2n) is 4.08. The molecule has 0 saturated heterocycles. The lowest BCUT2D eigenvalue weighted by Crippen LogP contribution is -2.19. The van der Waals surface area contributed by atoms with Crippen molar-refractivity contribution in [3.63, 3.8) is 0 Å². The molecule has 1 rings (SSSR count). The first-order valence-electron chi connectivity index (χ1n) is 5.60. The minimum atomic E-state index is -0.0170. The lowest BCUT2D eigenvalue weighted by Gasteiger charge is -2.19. The second kappa shape index (κ2) is 6.63. The Kier molecular flexibility index (Phi) is 5.46. The minimum absolute atomic E-state index is 0.0170. The average molecular weight is 223 g/mol. The summed E-state index contributed by atoms with van der Waals surface area (Å²) in [4.78, 5) is 0. The molecule has 3 nitrogen and oxygen atoms in total. The SMILES string of the molecule is COCc1ccc(C(CN)OC(C)C)cc1. The summed E-state index contributed by atoms with van der Waals surface area (Å²) in [6.45, 7) is 5.17. The van der Waals surface area contributed by atoms with Crippen LogP contribution in [0.2, 0.25) is 0 Å². The van der Waals surface area contributed by atoms with Gasteiger partial charge in [0, 0.05) is 13.7 Å². The predicted octanol–water partition coefficient (Wildman–Crippen LogP) is 2.26. The van der Waals surface area contributed by atoms with Crippen molar-refractivity contribution in [1.29, 1.82) is 0 Å². The first-order valence-corrected chi connectivity index (χ1v) is 5.60. The zero-order chi connectivity index (χ0) is 12.0. The largest absolute Gasteiger partial charge is 0.380 e. The molecule has 0 aliphatic carbocycles. The van der Waals surface area contributed by atoms with Gasteiger partial charge in [0.1, 0.15) is 0 Å². The van der Waals surface area contributed by atoms with Gasteiger partial charge in [0.2, 0.25) is 0 Å². The highest BCUT2D eigenvalue weighted by Crippen LogP contribution is 2.18. The van der Waals surface area contributed by atoms with E-state index in [0.717, 1.165) is 11.1 Å². The van der Waals surface area contributed by atoms with E-state index in [-0.39, 0.29) is 12.2 Å². The Labute approximate surface area is 97.6 Å². The Bertz CT molecular complexity index is 295. The molecule has 16 heavy (non-hydrogen) atoms. The van der Waals surface area contributed by atoms with Gasteiger partial charge in [-0.2, -0.15) is 0 Å². The molecule has 0 spiro atoms. The molecule has 90 valence electrons. The van der Waals surface area contributed by atoms with Crippen molar-refractivity contribution < 1.29 is 9.47 Å². The number of rotatable bonds is 6. The molecule has 0 heterocycles. The van der Waals surface area contributed by atoms with E-state index in [1.807, 2.05) is 38.1 Å². The lowest BCUT2D eigenvalue weighted by molar-refractivity contribution is 0.0119. The minimum Gasteiger partial charge on any atom is -0.380 e. The Morgan fingerprint density at radius 3 is 2.25 bits per heavy atom. The molecule has 0 amide bonds. The quantitative estimate of drug-likeness (QED) is 0.804.